The number of ether oxygens (including phenoxy) is 3. The average Bonchev–Trinajstić information content (AvgIpc) is 3.16. The van der Waals surface area contributed by atoms with Gasteiger partial charge in [0.1, 0.15) is 24.4 Å². The van der Waals surface area contributed by atoms with Crippen molar-refractivity contribution in [2.45, 2.75) is 19.9 Å². The molecule has 0 spiro atoms. The summed E-state index contributed by atoms with van der Waals surface area (Å²) in [7, 11) is 0. The predicted molar refractivity (Wildman–Crippen MR) is 124 cm³/mol. The number of amides is 1. The van der Waals surface area contributed by atoms with Gasteiger partial charge in [-0.2, -0.15) is 4.99 Å². The molecule has 174 valence electrons. The van der Waals surface area contributed by atoms with Crippen LogP contribution >= 0.6 is 11.3 Å². The van der Waals surface area contributed by atoms with E-state index >= 15 is 0 Å². The zero-order valence-electron chi connectivity index (χ0n) is 18.2. The second-order valence-corrected chi connectivity index (χ2v) is 8.47. The van der Waals surface area contributed by atoms with E-state index in [-0.39, 0.29) is 31.1 Å². The highest BCUT2D eigenvalue weighted by Crippen LogP contribution is 2.35. The van der Waals surface area contributed by atoms with Gasteiger partial charge in [-0.15, -0.1) is 0 Å². The van der Waals surface area contributed by atoms with Gasteiger partial charge >= 0.3 is 11.6 Å². The van der Waals surface area contributed by atoms with Gasteiger partial charge in [0.15, 0.2) is 16.3 Å². The molecule has 0 N–H and O–H groups in total. The van der Waals surface area contributed by atoms with Crippen LogP contribution in [0.25, 0.3) is 21.2 Å². The molecular formula is C24H20N2O7S. The third kappa shape index (κ3) is 4.19. The monoisotopic (exact) mass is 480 g/mol. The number of carbonyl (C=O) groups is 2. The Hall–Kier alpha value is -3.92. The maximum absolute atomic E-state index is 13.0. The Morgan fingerprint density at radius 2 is 1.88 bits per heavy atom. The summed E-state index contributed by atoms with van der Waals surface area (Å²) in [6.45, 7) is 3.12. The highest BCUT2D eigenvalue weighted by atomic mass is 32.1. The van der Waals surface area contributed by atoms with E-state index in [1.54, 1.807) is 41.8 Å². The predicted octanol–water partition coefficient (Wildman–Crippen LogP) is 3.27. The Bertz CT molecular complexity index is 1550. The van der Waals surface area contributed by atoms with E-state index in [2.05, 4.69) is 4.99 Å². The van der Waals surface area contributed by atoms with Gasteiger partial charge in [-0.05, 0) is 19.1 Å². The van der Waals surface area contributed by atoms with Crippen LogP contribution in [0.1, 0.15) is 23.7 Å². The van der Waals surface area contributed by atoms with E-state index in [0.717, 1.165) is 10.2 Å². The fourth-order valence-electron chi connectivity index (χ4n) is 3.70. The lowest BCUT2D eigenvalue weighted by atomic mass is 10.2. The molecule has 0 saturated heterocycles. The number of aryl methyl sites for hydroxylation is 1. The minimum atomic E-state index is -0.760. The van der Waals surface area contributed by atoms with Crippen LogP contribution in [-0.2, 0) is 16.1 Å². The van der Waals surface area contributed by atoms with E-state index in [0.29, 0.717) is 40.5 Å². The number of thiazole rings is 1. The first-order chi connectivity index (χ1) is 16.5. The molecule has 5 rings (SSSR count). The van der Waals surface area contributed by atoms with Crippen molar-refractivity contribution in [2.75, 3.05) is 19.8 Å². The van der Waals surface area contributed by atoms with Crippen molar-refractivity contribution in [1.29, 1.82) is 0 Å². The van der Waals surface area contributed by atoms with Crippen LogP contribution in [0.3, 0.4) is 0 Å². The number of para-hydroxylation sites is 1. The maximum Gasteiger partial charge on any atom is 0.349 e. The van der Waals surface area contributed by atoms with Gasteiger partial charge < -0.3 is 23.2 Å². The number of fused-ring (bicyclic) bond motifs is 3. The standard InChI is InChI=1S/C24H20N2O7S/c1-2-30-21(27)7-8-26-16-12-18-19(32-10-9-31-18)13-20(16)34-24(26)25-22(28)15-11-14-5-3-4-6-17(14)33-23(15)29/h3-6,11-13H,2,7-10H2,1H3. The molecule has 2 aromatic heterocycles. The van der Waals surface area contributed by atoms with Crippen molar-refractivity contribution < 1.29 is 28.2 Å². The summed E-state index contributed by atoms with van der Waals surface area (Å²) in [5.74, 6) is 0.0904. The Morgan fingerprint density at radius 3 is 2.68 bits per heavy atom. The van der Waals surface area contributed by atoms with E-state index < -0.39 is 11.5 Å². The second kappa shape index (κ2) is 9.14. The molecule has 0 aliphatic carbocycles. The minimum Gasteiger partial charge on any atom is -0.486 e. The molecule has 3 heterocycles. The van der Waals surface area contributed by atoms with Gasteiger partial charge in [0.05, 0.1) is 23.2 Å². The molecule has 1 aliphatic rings. The first-order valence-corrected chi connectivity index (χ1v) is 11.6. The molecule has 0 unspecified atom stereocenters. The van der Waals surface area contributed by atoms with Gasteiger partial charge in [0, 0.05) is 24.1 Å². The Balaban J connectivity index is 1.61. The normalized spacial score (nSPS) is 13.4. The fourth-order valence-corrected chi connectivity index (χ4v) is 4.77. The fraction of sp³-hybridized carbons (Fsp3) is 0.250. The first kappa shape index (κ1) is 21.9. The van der Waals surface area contributed by atoms with E-state index in [4.69, 9.17) is 18.6 Å². The smallest absolute Gasteiger partial charge is 0.349 e. The lowest BCUT2D eigenvalue weighted by molar-refractivity contribution is -0.143. The minimum absolute atomic E-state index is 0.0909. The van der Waals surface area contributed by atoms with Gasteiger partial charge in [0.25, 0.3) is 5.91 Å². The molecular weight excluding hydrogens is 460 g/mol. The van der Waals surface area contributed by atoms with Crippen molar-refractivity contribution in [3.63, 3.8) is 0 Å². The lowest BCUT2D eigenvalue weighted by Crippen LogP contribution is -2.21. The molecule has 1 amide bonds. The van der Waals surface area contributed by atoms with Crippen molar-refractivity contribution in [1.82, 2.24) is 4.57 Å². The Labute approximate surface area is 196 Å². The second-order valence-electron chi connectivity index (χ2n) is 7.46. The topological polar surface area (TPSA) is 109 Å². The first-order valence-electron chi connectivity index (χ1n) is 10.7. The summed E-state index contributed by atoms with van der Waals surface area (Å²) in [5.41, 5.74) is 0.194. The SMILES string of the molecule is CCOC(=O)CCn1c(=NC(=O)c2cc3ccccc3oc2=O)sc2cc3c(cc21)OCCO3. The summed E-state index contributed by atoms with van der Waals surface area (Å²) >= 11 is 1.25. The molecule has 0 saturated carbocycles. The molecule has 9 nitrogen and oxygen atoms in total. The van der Waals surface area contributed by atoms with Crippen LogP contribution in [0.5, 0.6) is 11.5 Å². The third-order valence-corrected chi connectivity index (χ3v) is 6.30. The number of carbonyl (C=O) groups excluding carboxylic acids is 2. The Morgan fingerprint density at radius 1 is 1.12 bits per heavy atom. The van der Waals surface area contributed by atoms with Crippen LogP contribution in [0, 0.1) is 0 Å². The zero-order chi connectivity index (χ0) is 23.7. The molecule has 2 aromatic carbocycles. The number of benzene rings is 2. The van der Waals surface area contributed by atoms with Crippen molar-refractivity contribution in [3.05, 3.63) is 63.2 Å². The van der Waals surface area contributed by atoms with Crippen LogP contribution < -0.4 is 19.9 Å². The van der Waals surface area contributed by atoms with Crippen molar-refractivity contribution in [2.24, 2.45) is 4.99 Å². The van der Waals surface area contributed by atoms with Crippen molar-refractivity contribution in [3.8, 4) is 11.5 Å². The quantitative estimate of drug-likeness (QED) is 0.319. The number of hydrogen-bond acceptors (Lipinski definition) is 8. The van der Waals surface area contributed by atoms with Gasteiger partial charge in [0.2, 0.25) is 0 Å². The number of rotatable bonds is 5. The third-order valence-electron chi connectivity index (χ3n) is 5.26. The summed E-state index contributed by atoms with van der Waals surface area (Å²) < 4.78 is 24.2. The van der Waals surface area contributed by atoms with Gasteiger partial charge in [-0.3, -0.25) is 9.59 Å². The van der Waals surface area contributed by atoms with Crippen LogP contribution in [0.15, 0.2) is 56.7 Å². The highest BCUT2D eigenvalue weighted by Gasteiger charge is 2.19. The lowest BCUT2D eigenvalue weighted by Gasteiger charge is -2.18. The summed E-state index contributed by atoms with van der Waals surface area (Å²) in [5, 5.41) is 0.620. The summed E-state index contributed by atoms with van der Waals surface area (Å²) in [6, 6.07) is 12.0. The molecule has 4 aromatic rings. The van der Waals surface area contributed by atoms with E-state index in [1.807, 2.05) is 6.07 Å². The van der Waals surface area contributed by atoms with Gasteiger partial charge in [-0.25, -0.2) is 4.79 Å². The largest absolute Gasteiger partial charge is 0.486 e. The maximum atomic E-state index is 13.0. The molecule has 0 fully saturated rings. The zero-order valence-corrected chi connectivity index (χ0v) is 19.1. The molecule has 34 heavy (non-hydrogen) atoms. The van der Waals surface area contributed by atoms with Crippen LogP contribution in [0.4, 0.5) is 0 Å². The van der Waals surface area contributed by atoms with E-state index in [9.17, 15) is 14.4 Å². The number of aromatic nitrogens is 1. The molecule has 1 aliphatic heterocycles. The van der Waals surface area contributed by atoms with E-state index in [1.165, 1.54) is 17.4 Å². The molecule has 10 heteroatoms. The average molecular weight is 480 g/mol. The molecule has 0 bridgehead atoms. The molecule has 0 atom stereocenters. The van der Waals surface area contributed by atoms with Crippen LogP contribution in [0.2, 0.25) is 0 Å². The number of hydrogen-bond donors (Lipinski definition) is 0. The number of nitrogens with zero attached hydrogens (tertiary/aromatic N) is 2. The van der Waals surface area contributed by atoms with Crippen LogP contribution in [-0.4, -0.2) is 36.3 Å². The highest BCUT2D eigenvalue weighted by molar-refractivity contribution is 7.16. The summed E-state index contributed by atoms with van der Waals surface area (Å²) in [4.78, 5) is 42.0. The molecule has 0 radical (unpaired) electrons. The van der Waals surface area contributed by atoms with Gasteiger partial charge in [-0.1, -0.05) is 29.5 Å². The Kier molecular flexibility index (Phi) is 5.89. The summed E-state index contributed by atoms with van der Waals surface area (Å²) in [6.07, 6.45) is 0.0909. The number of esters is 1. The van der Waals surface area contributed by atoms with Crippen molar-refractivity contribution >= 4 is 44.4 Å².